The highest BCUT2D eigenvalue weighted by Gasteiger charge is 2.30. The Hall–Kier alpha value is -1.69. The van der Waals surface area contributed by atoms with Crippen LogP contribution in [0, 0.1) is 0 Å². The van der Waals surface area contributed by atoms with Gasteiger partial charge in [-0.05, 0) is 32.3 Å². The number of carboxylic acids is 1. The summed E-state index contributed by atoms with van der Waals surface area (Å²) in [6, 6.07) is 9.59. The maximum Gasteiger partial charge on any atom is 0.317 e. The van der Waals surface area contributed by atoms with Crippen LogP contribution >= 0.6 is 11.8 Å². The fourth-order valence-electron chi connectivity index (χ4n) is 2.88. The van der Waals surface area contributed by atoms with E-state index in [9.17, 15) is 9.59 Å². The Morgan fingerprint density at radius 2 is 2.04 bits per heavy atom. The number of urea groups is 1. The second-order valence-electron chi connectivity index (χ2n) is 6.80. The molecule has 1 aliphatic rings. The average molecular weight is 350 g/mol. The van der Waals surface area contributed by atoms with E-state index < -0.39 is 5.97 Å². The van der Waals surface area contributed by atoms with E-state index in [2.05, 4.69) is 19.2 Å². The summed E-state index contributed by atoms with van der Waals surface area (Å²) in [4.78, 5) is 25.3. The van der Waals surface area contributed by atoms with Gasteiger partial charge in [0.05, 0.1) is 0 Å². The number of carboxylic acid groups (broad SMARTS) is 1. The third kappa shape index (κ3) is 6.07. The molecule has 1 aliphatic heterocycles. The van der Waals surface area contributed by atoms with E-state index in [-0.39, 0.29) is 23.2 Å². The number of nitrogens with one attached hydrogen (secondary N) is 1. The van der Waals surface area contributed by atoms with E-state index >= 15 is 0 Å². The third-order valence-corrected chi connectivity index (χ3v) is 5.37. The molecular weight excluding hydrogens is 324 g/mol. The molecule has 132 valence electrons. The third-order valence-electron chi connectivity index (χ3n) is 4.07. The minimum absolute atomic E-state index is 0.0547. The molecule has 0 saturated carbocycles. The highest BCUT2D eigenvalue weighted by Crippen LogP contribution is 2.29. The molecule has 6 heteroatoms. The van der Waals surface area contributed by atoms with Crippen LogP contribution in [0.1, 0.15) is 32.3 Å². The lowest BCUT2D eigenvalue weighted by Gasteiger charge is -2.38. The summed E-state index contributed by atoms with van der Waals surface area (Å²) in [6.07, 6.45) is 1.13. The summed E-state index contributed by atoms with van der Waals surface area (Å²) in [6.45, 7) is 5.73. The highest BCUT2D eigenvalue weighted by molar-refractivity contribution is 8.00. The number of carbonyl (C=O) groups excluding carboxylic acids is 1. The highest BCUT2D eigenvalue weighted by atomic mass is 32.2. The molecule has 24 heavy (non-hydrogen) atoms. The first-order chi connectivity index (χ1) is 11.4. The molecule has 1 aromatic carbocycles. The van der Waals surface area contributed by atoms with E-state index in [1.807, 2.05) is 47.0 Å². The second kappa shape index (κ2) is 8.42. The molecule has 2 rings (SSSR count). The fourth-order valence-corrected chi connectivity index (χ4v) is 3.99. The number of hydrogen-bond acceptors (Lipinski definition) is 3. The van der Waals surface area contributed by atoms with Crippen molar-refractivity contribution < 1.29 is 14.7 Å². The normalized spacial score (nSPS) is 18.0. The van der Waals surface area contributed by atoms with Crippen molar-refractivity contribution in [3.8, 4) is 0 Å². The zero-order chi connectivity index (χ0) is 17.6. The van der Waals surface area contributed by atoms with Gasteiger partial charge in [0.25, 0.3) is 0 Å². The van der Waals surface area contributed by atoms with Crippen LogP contribution in [0.5, 0.6) is 0 Å². The van der Waals surface area contributed by atoms with Gasteiger partial charge >= 0.3 is 12.0 Å². The SMILES string of the molecule is CC1(C)CN(C(=O)NC(CCC(=O)O)Cc2ccccc2)CCS1. The Kier molecular flexibility index (Phi) is 6.54. The smallest absolute Gasteiger partial charge is 0.317 e. The fraction of sp³-hybridized carbons (Fsp3) is 0.556. The summed E-state index contributed by atoms with van der Waals surface area (Å²) in [5, 5.41) is 12.0. The topological polar surface area (TPSA) is 69.6 Å². The summed E-state index contributed by atoms with van der Waals surface area (Å²) < 4.78 is 0.0611. The lowest BCUT2D eigenvalue weighted by molar-refractivity contribution is -0.137. The molecule has 0 aromatic heterocycles. The largest absolute Gasteiger partial charge is 0.481 e. The van der Waals surface area contributed by atoms with Crippen LogP contribution in [0.15, 0.2) is 30.3 Å². The first-order valence-corrected chi connectivity index (χ1v) is 9.29. The zero-order valence-electron chi connectivity index (χ0n) is 14.3. The van der Waals surface area contributed by atoms with Crippen LogP contribution in [-0.2, 0) is 11.2 Å². The molecule has 1 saturated heterocycles. The Morgan fingerprint density at radius 1 is 1.33 bits per heavy atom. The molecular formula is C18H26N2O3S. The lowest BCUT2D eigenvalue weighted by Crippen LogP contribution is -2.52. The van der Waals surface area contributed by atoms with Crippen LogP contribution in [0.25, 0.3) is 0 Å². The number of benzene rings is 1. The van der Waals surface area contributed by atoms with Crippen molar-refractivity contribution in [3.63, 3.8) is 0 Å². The summed E-state index contributed by atoms with van der Waals surface area (Å²) in [5.41, 5.74) is 1.10. The monoisotopic (exact) mass is 350 g/mol. The van der Waals surface area contributed by atoms with Gasteiger partial charge in [0.15, 0.2) is 0 Å². The maximum absolute atomic E-state index is 12.6. The van der Waals surface area contributed by atoms with Crippen molar-refractivity contribution in [2.24, 2.45) is 0 Å². The van der Waals surface area contributed by atoms with Gasteiger partial charge in [0.2, 0.25) is 0 Å². The van der Waals surface area contributed by atoms with Crippen molar-refractivity contribution in [1.82, 2.24) is 10.2 Å². The first kappa shape index (κ1) is 18.6. The van der Waals surface area contributed by atoms with Crippen molar-refractivity contribution in [1.29, 1.82) is 0 Å². The zero-order valence-corrected chi connectivity index (χ0v) is 15.1. The van der Waals surface area contributed by atoms with Crippen molar-refractivity contribution in [3.05, 3.63) is 35.9 Å². The van der Waals surface area contributed by atoms with Crippen LogP contribution < -0.4 is 5.32 Å². The molecule has 1 unspecified atom stereocenters. The van der Waals surface area contributed by atoms with E-state index in [0.717, 1.165) is 17.9 Å². The minimum atomic E-state index is -0.835. The molecule has 1 aromatic rings. The molecule has 1 atom stereocenters. The lowest BCUT2D eigenvalue weighted by atomic mass is 10.0. The number of hydrogen-bond donors (Lipinski definition) is 2. The Bertz CT molecular complexity index is 563. The molecule has 5 nitrogen and oxygen atoms in total. The van der Waals surface area contributed by atoms with Crippen LogP contribution in [0.4, 0.5) is 4.79 Å². The number of aliphatic carboxylic acids is 1. The standard InChI is InChI=1S/C18H26N2O3S/c1-18(2)13-20(10-11-24-18)17(23)19-15(8-9-16(21)22)12-14-6-4-3-5-7-14/h3-7,15H,8-13H2,1-2H3,(H,19,23)(H,21,22). The van der Waals surface area contributed by atoms with Gasteiger partial charge in [0, 0.05) is 36.1 Å². The molecule has 1 fully saturated rings. The van der Waals surface area contributed by atoms with E-state index in [1.54, 1.807) is 0 Å². The van der Waals surface area contributed by atoms with E-state index in [4.69, 9.17) is 5.11 Å². The predicted octanol–water partition coefficient (Wildman–Crippen LogP) is 3.00. The Labute approximate surface area is 147 Å². The van der Waals surface area contributed by atoms with Crippen LogP contribution in [0.3, 0.4) is 0 Å². The van der Waals surface area contributed by atoms with Gasteiger partial charge in [0.1, 0.15) is 0 Å². The molecule has 2 amide bonds. The average Bonchev–Trinajstić information content (AvgIpc) is 2.52. The Balaban J connectivity index is 1.98. The van der Waals surface area contributed by atoms with Gasteiger partial charge in [-0.1, -0.05) is 30.3 Å². The molecule has 0 bridgehead atoms. The van der Waals surface area contributed by atoms with Gasteiger partial charge in [-0.25, -0.2) is 4.79 Å². The minimum Gasteiger partial charge on any atom is -0.481 e. The number of rotatable bonds is 6. The van der Waals surface area contributed by atoms with Crippen molar-refractivity contribution in [2.75, 3.05) is 18.8 Å². The Morgan fingerprint density at radius 3 is 2.67 bits per heavy atom. The molecule has 1 heterocycles. The second-order valence-corrected chi connectivity index (χ2v) is 8.60. The molecule has 0 radical (unpaired) electrons. The maximum atomic E-state index is 12.6. The number of carbonyl (C=O) groups is 2. The van der Waals surface area contributed by atoms with Gasteiger partial charge < -0.3 is 15.3 Å². The van der Waals surface area contributed by atoms with Gasteiger partial charge in [-0.3, -0.25) is 4.79 Å². The van der Waals surface area contributed by atoms with Crippen LogP contribution in [-0.4, -0.2) is 51.6 Å². The van der Waals surface area contributed by atoms with Gasteiger partial charge in [-0.2, -0.15) is 11.8 Å². The molecule has 0 aliphatic carbocycles. The summed E-state index contributed by atoms with van der Waals surface area (Å²) in [5.74, 6) is 0.0941. The summed E-state index contributed by atoms with van der Waals surface area (Å²) in [7, 11) is 0. The van der Waals surface area contributed by atoms with E-state index in [1.165, 1.54) is 0 Å². The quantitative estimate of drug-likeness (QED) is 0.827. The van der Waals surface area contributed by atoms with Crippen molar-refractivity contribution in [2.45, 2.75) is 43.9 Å². The van der Waals surface area contributed by atoms with E-state index in [0.29, 0.717) is 19.4 Å². The number of thioether (sulfide) groups is 1. The number of nitrogens with zero attached hydrogens (tertiary/aromatic N) is 1. The molecule has 2 N–H and O–H groups in total. The number of amides is 2. The van der Waals surface area contributed by atoms with Crippen molar-refractivity contribution >= 4 is 23.8 Å². The predicted molar refractivity (Wildman–Crippen MR) is 97.4 cm³/mol. The van der Waals surface area contributed by atoms with Crippen LogP contribution in [0.2, 0.25) is 0 Å². The first-order valence-electron chi connectivity index (χ1n) is 8.31. The van der Waals surface area contributed by atoms with Gasteiger partial charge in [-0.15, -0.1) is 0 Å². The summed E-state index contributed by atoms with van der Waals surface area (Å²) >= 11 is 1.88. The molecule has 0 spiro atoms.